The first kappa shape index (κ1) is 20.4. The number of aryl methyl sites for hydroxylation is 1. The molecule has 2 N–H and O–H groups in total. The van der Waals surface area contributed by atoms with Gasteiger partial charge in [0, 0.05) is 41.2 Å². The molecule has 0 spiro atoms. The molecule has 6 rings (SSSR count). The molecule has 7 nitrogen and oxygen atoms in total. The van der Waals surface area contributed by atoms with Gasteiger partial charge in [0.25, 0.3) is 0 Å². The molecule has 6 aromatic rings. The van der Waals surface area contributed by atoms with Crippen molar-refractivity contribution < 1.29 is 9.18 Å². The Kier molecular flexibility index (Phi) is 4.59. The number of fused-ring (bicyclic) bond motifs is 2. The fourth-order valence-corrected chi connectivity index (χ4v) is 4.95. The molecular weight excluding hydrogens is 451 g/mol. The number of pyridine rings is 2. The summed E-state index contributed by atoms with van der Waals surface area (Å²) in [4.78, 5) is 30.0. The molecule has 0 saturated carbocycles. The molecule has 34 heavy (non-hydrogen) atoms. The van der Waals surface area contributed by atoms with Gasteiger partial charge in [0.2, 0.25) is 0 Å². The lowest BCUT2D eigenvalue weighted by Crippen LogP contribution is -1.90. The van der Waals surface area contributed by atoms with E-state index in [2.05, 4.69) is 25.1 Å². The van der Waals surface area contributed by atoms with Gasteiger partial charge < -0.3 is 4.98 Å². The highest BCUT2D eigenvalue weighted by atomic mass is 32.1. The van der Waals surface area contributed by atoms with Crippen LogP contribution in [0, 0.1) is 12.7 Å². The van der Waals surface area contributed by atoms with Gasteiger partial charge in [-0.05, 0) is 49.7 Å². The summed E-state index contributed by atoms with van der Waals surface area (Å²) < 4.78 is 14.9. The normalized spacial score (nSPS) is 11.5. The molecule has 1 aromatic carbocycles. The average Bonchev–Trinajstić information content (AvgIpc) is 3.56. The lowest BCUT2D eigenvalue weighted by atomic mass is 10.0. The number of carbonyl (C=O) groups excluding carboxylic acids is 1. The predicted molar refractivity (Wildman–Crippen MR) is 130 cm³/mol. The first-order valence-corrected chi connectivity index (χ1v) is 11.4. The second-order valence-corrected chi connectivity index (χ2v) is 9.09. The summed E-state index contributed by atoms with van der Waals surface area (Å²) >= 11 is 1.39. The van der Waals surface area contributed by atoms with Crippen molar-refractivity contribution in [2.45, 2.75) is 13.8 Å². The summed E-state index contributed by atoms with van der Waals surface area (Å²) in [6.45, 7) is 3.47. The topological polar surface area (TPSA) is 100 Å². The smallest absolute Gasteiger partial charge is 0.169 e. The van der Waals surface area contributed by atoms with Gasteiger partial charge in [-0.25, -0.2) is 9.37 Å². The summed E-state index contributed by atoms with van der Waals surface area (Å²) in [6, 6.07) is 10.6. The van der Waals surface area contributed by atoms with Crippen molar-refractivity contribution in [3.05, 3.63) is 71.2 Å². The molecule has 0 bridgehead atoms. The van der Waals surface area contributed by atoms with E-state index in [4.69, 9.17) is 4.98 Å². The Morgan fingerprint density at radius 3 is 2.71 bits per heavy atom. The monoisotopic (exact) mass is 468 g/mol. The number of imidazole rings is 1. The number of H-pyrrole nitrogens is 2. The number of thiophene rings is 1. The van der Waals surface area contributed by atoms with Crippen LogP contribution in [0.1, 0.15) is 22.2 Å². The molecule has 0 saturated heterocycles. The lowest BCUT2D eigenvalue weighted by Gasteiger charge is -2.07. The third-order valence-electron chi connectivity index (χ3n) is 5.79. The summed E-state index contributed by atoms with van der Waals surface area (Å²) in [5.41, 5.74) is 5.42. The van der Waals surface area contributed by atoms with Crippen molar-refractivity contribution in [3.63, 3.8) is 0 Å². The van der Waals surface area contributed by atoms with Crippen molar-refractivity contribution in [3.8, 4) is 33.2 Å². The molecule has 166 valence electrons. The quantitative estimate of drug-likeness (QED) is 0.312. The predicted octanol–water partition coefficient (Wildman–Crippen LogP) is 5.94. The maximum atomic E-state index is 14.9. The Bertz CT molecular complexity index is 1730. The number of aromatic amines is 2. The van der Waals surface area contributed by atoms with Crippen LogP contribution >= 0.6 is 11.3 Å². The zero-order chi connectivity index (χ0) is 23.4. The fourth-order valence-electron chi connectivity index (χ4n) is 4.05. The number of hydrogen-bond donors (Lipinski definition) is 2. The van der Waals surface area contributed by atoms with E-state index < -0.39 is 0 Å². The molecule has 0 aliphatic carbocycles. The van der Waals surface area contributed by atoms with Crippen LogP contribution in [0.3, 0.4) is 0 Å². The second kappa shape index (κ2) is 7.67. The Balaban J connectivity index is 1.51. The number of aromatic nitrogens is 6. The highest BCUT2D eigenvalue weighted by Crippen LogP contribution is 2.35. The number of ketones is 1. The molecule has 0 aliphatic rings. The molecular formula is C25H17FN6OS. The number of rotatable bonds is 4. The van der Waals surface area contributed by atoms with Gasteiger partial charge >= 0.3 is 0 Å². The van der Waals surface area contributed by atoms with Gasteiger partial charge in [-0.15, -0.1) is 11.3 Å². The summed E-state index contributed by atoms with van der Waals surface area (Å²) in [5.74, 6) is 0.203. The van der Waals surface area contributed by atoms with E-state index >= 15 is 0 Å². The molecule has 0 radical (unpaired) electrons. The minimum atomic E-state index is -0.353. The van der Waals surface area contributed by atoms with Crippen LogP contribution < -0.4 is 0 Å². The highest BCUT2D eigenvalue weighted by Gasteiger charge is 2.19. The molecule has 0 atom stereocenters. The molecule has 5 aromatic heterocycles. The van der Waals surface area contributed by atoms with E-state index in [1.165, 1.54) is 17.4 Å². The van der Waals surface area contributed by atoms with Crippen LogP contribution in [0.2, 0.25) is 0 Å². The maximum Gasteiger partial charge on any atom is 0.169 e. The van der Waals surface area contributed by atoms with Crippen molar-refractivity contribution in [2.24, 2.45) is 0 Å². The largest absolute Gasteiger partial charge is 0.336 e. The summed E-state index contributed by atoms with van der Waals surface area (Å²) in [6.07, 6.45) is 5.05. The van der Waals surface area contributed by atoms with E-state index in [0.717, 1.165) is 26.9 Å². The molecule has 9 heteroatoms. The van der Waals surface area contributed by atoms with Gasteiger partial charge in [0.1, 0.15) is 22.7 Å². The van der Waals surface area contributed by atoms with Crippen molar-refractivity contribution in [1.82, 2.24) is 30.1 Å². The third kappa shape index (κ3) is 3.20. The maximum absolute atomic E-state index is 14.9. The van der Waals surface area contributed by atoms with Crippen molar-refractivity contribution in [1.29, 1.82) is 0 Å². The van der Waals surface area contributed by atoms with Crippen LogP contribution in [0.25, 0.3) is 55.2 Å². The average molecular weight is 469 g/mol. The second-order valence-electron chi connectivity index (χ2n) is 8.00. The lowest BCUT2D eigenvalue weighted by molar-refractivity contribution is 0.102. The van der Waals surface area contributed by atoms with E-state index in [1.807, 2.05) is 25.1 Å². The van der Waals surface area contributed by atoms with E-state index in [0.29, 0.717) is 38.7 Å². The number of benzene rings is 1. The van der Waals surface area contributed by atoms with Gasteiger partial charge in [0.05, 0.1) is 20.8 Å². The minimum Gasteiger partial charge on any atom is -0.336 e. The number of carbonyl (C=O) groups is 1. The Morgan fingerprint density at radius 1 is 1.03 bits per heavy atom. The van der Waals surface area contributed by atoms with Crippen LogP contribution in [0.15, 0.2) is 55.0 Å². The molecule has 0 amide bonds. The zero-order valence-electron chi connectivity index (χ0n) is 18.2. The van der Waals surface area contributed by atoms with Crippen LogP contribution in [-0.4, -0.2) is 35.9 Å². The van der Waals surface area contributed by atoms with Gasteiger partial charge in [-0.3, -0.25) is 19.9 Å². The fraction of sp³-hybridized carbons (Fsp3) is 0.0800. The zero-order valence-corrected chi connectivity index (χ0v) is 19.0. The SMILES string of the molecule is CC(=O)c1ccc(-c2nccc3[nH]c(-c4n[nH]c5cc(F)c(-c6cnccc6C)cc45)nc23)s1. The molecule has 5 heterocycles. The number of nitrogens with one attached hydrogen (secondary N) is 2. The summed E-state index contributed by atoms with van der Waals surface area (Å²) in [5, 5.41) is 8.07. The van der Waals surface area contributed by atoms with Gasteiger partial charge in [0.15, 0.2) is 11.6 Å². The number of halogens is 1. The van der Waals surface area contributed by atoms with Crippen LogP contribution in [-0.2, 0) is 0 Å². The van der Waals surface area contributed by atoms with E-state index in [-0.39, 0.29) is 11.6 Å². The highest BCUT2D eigenvalue weighted by molar-refractivity contribution is 7.17. The van der Waals surface area contributed by atoms with E-state index in [9.17, 15) is 9.18 Å². The number of nitrogens with zero attached hydrogens (tertiary/aromatic N) is 4. The minimum absolute atomic E-state index is 0.0148. The number of hydrogen-bond acceptors (Lipinski definition) is 6. The first-order chi connectivity index (χ1) is 16.5. The van der Waals surface area contributed by atoms with Crippen LogP contribution in [0.4, 0.5) is 4.39 Å². The van der Waals surface area contributed by atoms with Gasteiger partial charge in [-0.2, -0.15) is 5.10 Å². The molecule has 0 aliphatic heterocycles. The third-order valence-corrected chi connectivity index (χ3v) is 6.98. The Labute approximate surface area is 196 Å². The van der Waals surface area contributed by atoms with E-state index in [1.54, 1.807) is 37.6 Å². The Morgan fingerprint density at radius 2 is 1.91 bits per heavy atom. The van der Waals surface area contributed by atoms with Crippen LogP contribution in [0.5, 0.6) is 0 Å². The molecule has 0 unspecified atom stereocenters. The van der Waals surface area contributed by atoms with Crippen molar-refractivity contribution >= 4 is 39.1 Å². The number of Topliss-reactive ketones (excluding diaryl/α,β-unsaturated/α-hetero) is 1. The molecule has 0 fully saturated rings. The summed E-state index contributed by atoms with van der Waals surface area (Å²) in [7, 11) is 0. The van der Waals surface area contributed by atoms with Crippen molar-refractivity contribution in [2.75, 3.05) is 0 Å². The standard InChI is InChI=1S/C25H17FN6OS/c1-12-5-7-27-11-16(12)14-9-15-19(10-17(14)26)31-32-22(15)25-29-18-6-8-28-24(23(18)30-25)21-4-3-20(34-21)13(2)33/h3-11H,1-2H3,(H,29,30)(H,31,32). The Hall–Kier alpha value is -4.24. The first-order valence-electron chi connectivity index (χ1n) is 10.5. The van der Waals surface area contributed by atoms with Gasteiger partial charge in [-0.1, -0.05) is 0 Å².